The average Bonchev–Trinajstić information content (AvgIpc) is 3.25. The second kappa shape index (κ2) is 12.7. The van der Waals surface area contributed by atoms with E-state index in [1.165, 1.54) is 114 Å². The van der Waals surface area contributed by atoms with Gasteiger partial charge in [-0.25, -0.2) is 0 Å². The molecule has 266 valence electrons. The lowest BCUT2D eigenvalue weighted by molar-refractivity contribution is 0.444. The first-order chi connectivity index (χ1) is 27.1. The molecule has 3 aliphatic heterocycles. The SMILES string of the molecule is CC(C)c1ccc2c(c1)N(c1ccccc1)c1cc(C3CCCCC3)cc3c1B2c1cccc2c1N3c1ccccc1[Si]2(c1ccccc1)c1ccccc1. The van der Waals surface area contributed by atoms with Gasteiger partial charge in [-0.2, -0.15) is 0 Å². The quantitative estimate of drug-likeness (QED) is 0.164. The molecule has 0 spiro atoms. The van der Waals surface area contributed by atoms with Gasteiger partial charge >= 0.3 is 0 Å². The summed E-state index contributed by atoms with van der Waals surface area (Å²) in [7, 11) is -2.77. The summed E-state index contributed by atoms with van der Waals surface area (Å²) >= 11 is 0. The molecular formula is C51H45BN2Si. The summed E-state index contributed by atoms with van der Waals surface area (Å²) in [5, 5.41) is 5.82. The van der Waals surface area contributed by atoms with Crippen LogP contribution in [0.3, 0.4) is 0 Å². The van der Waals surface area contributed by atoms with Crippen LogP contribution in [0, 0.1) is 0 Å². The molecule has 4 heteroatoms. The van der Waals surface area contributed by atoms with Crippen LogP contribution in [-0.2, 0) is 0 Å². The zero-order chi connectivity index (χ0) is 36.7. The summed E-state index contributed by atoms with van der Waals surface area (Å²) in [4.78, 5) is 5.33. The van der Waals surface area contributed by atoms with Crippen molar-refractivity contribution in [3.8, 4) is 0 Å². The molecule has 2 nitrogen and oxygen atoms in total. The van der Waals surface area contributed by atoms with Crippen molar-refractivity contribution in [3.63, 3.8) is 0 Å². The molecule has 11 rings (SSSR count). The molecule has 4 aliphatic rings. The molecular weight excluding hydrogens is 679 g/mol. The van der Waals surface area contributed by atoms with E-state index in [1.54, 1.807) is 0 Å². The molecule has 0 unspecified atom stereocenters. The lowest BCUT2D eigenvalue weighted by Gasteiger charge is -2.51. The molecule has 1 aliphatic carbocycles. The number of benzene rings is 7. The minimum absolute atomic E-state index is 0.108. The number of hydrogen-bond acceptors (Lipinski definition) is 2. The maximum Gasteiger partial charge on any atom is 0.252 e. The topological polar surface area (TPSA) is 6.48 Å². The van der Waals surface area contributed by atoms with E-state index in [0.717, 1.165) is 0 Å². The second-order valence-corrected chi connectivity index (χ2v) is 20.2. The first-order valence-electron chi connectivity index (χ1n) is 20.5. The molecule has 0 N–H and O–H groups in total. The largest absolute Gasteiger partial charge is 0.312 e. The molecule has 1 saturated carbocycles. The third-order valence-corrected chi connectivity index (χ3v) is 18.1. The fourth-order valence-electron chi connectivity index (χ4n) is 10.8. The fraction of sp³-hybridized carbons (Fsp3) is 0.176. The Morgan fingerprint density at radius 1 is 0.527 bits per heavy atom. The predicted molar refractivity (Wildman–Crippen MR) is 238 cm³/mol. The Labute approximate surface area is 327 Å². The monoisotopic (exact) mass is 724 g/mol. The summed E-state index contributed by atoms with van der Waals surface area (Å²) in [6, 6.07) is 63.5. The number of nitrogens with zero attached hydrogens (tertiary/aromatic N) is 2. The lowest BCUT2D eigenvalue weighted by atomic mass is 9.33. The van der Waals surface area contributed by atoms with Gasteiger partial charge in [0, 0.05) is 34.1 Å². The predicted octanol–water partition coefficient (Wildman–Crippen LogP) is 8.63. The Hall–Kier alpha value is -5.58. The van der Waals surface area contributed by atoms with Gasteiger partial charge in [0.15, 0.2) is 8.07 Å². The van der Waals surface area contributed by atoms with Gasteiger partial charge in [0.25, 0.3) is 6.71 Å². The Bertz CT molecular complexity index is 2540. The first kappa shape index (κ1) is 32.8. The highest BCUT2D eigenvalue weighted by Gasteiger charge is 2.53. The Balaban J connectivity index is 1.29. The van der Waals surface area contributed by atoms with Gasteiger partial charge < -0.3 is 9.80 Å². The first-order valence-corrected chi connectivity index (χ1v) is 22.5. The number of fused-ring (bicyclic) bond motifs is 6. The summed E-state index contributed by atoms with van der Waals surface area (Å²) in [5.74, 6) is 0.994. The van der Waals surface area contributed by atoms with Gasteiger partial charge in [0.2, 0.25) is 0 Å². The molecule has 55 heavy (non-hydrogen) atoms. The Morgan fingerprint density at radius 2 is 1.15 bits per heavy atom. The Kier molecular flexibility index (Phi) is 7.61. The van der Waals surface area contributed by atoms with E-state index in [1.807, 2.05) is 0 Å². The van der Waals surface area contributed by atoms with E-state index >= 15 is 0 Å². The van der Waals surface area contributed by atoms with Crippen molar-refractivity contribution < 1.29 is 0 Å². The fourth-order valence-corrected chi connectivity index (χ4v) is 16.0. The van der Waals surface area contributed by atoms with Crippen LogP contribution in [0.25, 0.3) is 0 Å². The zero-order valence-corrected chi connectivity index (χ0v) is 32.8. The molecule has 7 aromatic rings. The van der Waals surface area contributed by atoms with Crippen LogP contribution >= 0.6 is 0 Å². The summed E-state index contributed by atoms with van der Waals surface area (Å²) in [5.41, 5.74) is 15.1. The van der Waals surface area contributed by atoms with Gasteiger partial charge in [0.05, 0.1) is 0 Å². The number of para-hydroxylation sites is 3. The third-order valence-electron chi connectivity index (χ3n) is 13.3. The highest BCUT2D eigenvalue weighted by molar-refractivity contribution is 7.22. The maximum absolute atomic E-state index is 2.77. The number of hydrogen-bond donors (Lipinski definition) is 0. The van der Waals surface area contributed by atoms with Gasteiger partial charge in [0.1, 0.15) is 0 Å². The number of rotatable bonds is 5. The van der Waals surface area contributed by atoms with E-state index < -0.39 is 8.07 Å². The van der Waals surface area contributed by atoms with Crippen molar-refractivity contribution in [2.45, 2.75) is 57.8 Å². The smallest absolute Gasteiger partial charge is 0.252 e. The van der Waals surface area contributed by atoms with Crippen molar-refractivity contribution in [2.75, 3.05) is 9.80 Å². The minimum Gasteiger partial charge on any atom is -0.312 e. The van der Waals surface area contributed by atoms with Gasteiger partial charge in [-0.3, -0.25) is 0 Å². The van der Waals surface area contributed by atoms with Crippen LogP contribution in [0.15, 0.2) is 164 Å². The normalized spacial score (nSPS) is 16.3. The van der Waals surface area contributed by atoms with Crippen LogP contribution in [0.4, 0.5) is 34.1 Å². The molecule has 0 atom stereocenters. The molecule has 0 bridgehead atoms. The van der Waals surface area contributed by atoms with E-state index in [9.17, 15) is 0 Å². The minimum atomic E-state index is -2.77. The van der Waals surface area contributed by atoms with Crippen molar-refractivity contribution in [1.29, 1.82) is 0 Å². The molecule has 0 radical (unpaired) electrons. The summed E-state index contributed by atoms with van der Waals surface area (Å²) in [6.45, 7) is 4.76. The molecule has 0 aromatic heterocycles. The third kappa shape index (κ3) is 4.74. The van der Waals surface area contributed by atoms with Crippen LogP contribution in [0.5, 0.6) is 0 Å². The number of anilines is 6. The van der Waals surface area contributed by atoms with Crippen LogP contribution in [0.1, 0.15) is 68.9 Å². The highest BCUT2D eigenvalue weighted by Crippen LogP contribution is 2.48. The molecule has 0 amide bonds. The van der Waals surface area contributed by atoms with Crippen molar-refractivity contribution in [3.05, 3.63) is 175 Å². The standard InChI is InChI=1S/C51H45BN2Si/c1-35(2)37-30-31-42-45(32-37)53(39-20-9-4-10-21-39)46-33-38(36-18-7-3-8-19-36)34-47-50(46)52(42)43-26-17-29-49-51(43)54(47)44-27-15-16-28-48(44)55(49,40-22-11-5-12-23-40)41-24-13-6-14-25-41/h4-6,9-17,20-36H,3,7-8,18-19H2,1-2H3. The van der Waals surface area contributed by atoms with Crippen LogP contribution in [-0.4, -0.2) is 14.8 Å². The summed E-state index contributed by atoms with van der Waals surface area (Å²) < 4.78 is 0. The van der Waals surface area contributed by atoms with Gasteiger partial charge in [-0.05, 0) is 109 Å². The second-order valence-electron chi connectivity index (χ2n) is 16.5. The van der Waals surface area contributed by atoms with Crippen molar-refractivity contribution in [1.82, 2.24) is 0 Å². The average molecular weight is 725 g/mol. The summed E-state index contributed by atoms with van der Waals surface area (Å²) in [6.07, 6.45) is 6.49. The van der Waals surface area contributed by atoms with E-state index in [0.29, 0.717) is 11.8 Å². The van der Waals surface area contributed by atoms with E-state index in [2.05, 4.69) is 187 Å². The molecule has 7 aromatic carbocycles. The Morgan fingerprint density at radius 3 is 1.84 bits per heavy atom. The van der Waals surface area contributed by atoms with Gasteiger partial charge in [-0.1, -0.05) is 161 Å². The molecule has 0 saturated heterocycles. The molecule has 1 fully saturated rings. The lowest BCUT2D eigenvalue weighted by Crippen LogP contribution is -2.79. The van der Waals surface area contributed by atoms with Crippen LogP contribution < -0.4 is 46.9 Å². The van der Waals surface area contributed by atoms with Crippen molar-refractivity contribution >= 4 is 86.0 Å². The van der Waals surface area contributed by atoms with Gasteiger partial charge in [-0.15, -0.1) is 0 Å². The zero-order valence-electron chi connectivity index (χ0n) is 31.8. The van der Waals surface area contributed by atoms with Crippen LogP contribution in [0.2, 0.25) is 0 Å². The van der Waals surface area contributed by atoms with E-state index in [-0.39, 0.29) is 6.71 Å². The van der Waals surface area contributed by atoms with E-state index in [4.69, 9.17) is 0 Å². The highest BCUT2D eigenvalue weighted by atomic mass is 28.3. The maximum atomic E-state index is 2.72. The van der Waals surface area contributed by atoms with Crippen molar-refractivity contribution in [2.24, 2.45) is 0 Å². The molecule has 3 heterocycles.